The zero-order chi connectivity index (χ0) is 17.4. The number of hydrogen-bond donors (Lipinski definition) is 0. The molecule has 1 nitrogen and oxygen atoms in total. The predicted octanol–water partition coefficient (Wildman–Crippen LogP) is 6.55. The minimum absolute atomic E-state index is 0.00323. The molecule has 0 radical (unpaired) electrons. The van der Waals surface area contributed by atoms with Crippen LogP contribution in [0.25, 0.3) is 0 Å². The van der Waals surface area contributed by atoms with E-state index in [1.807, 2.05) is 13.0 Å². The molecule has 2 atom stereocenters. The Balaban J connectivity index is 1.83. The third-order valence-corrected chi connectivity index (χ3v) is 6.23. The van der Waals surface area contributed by atoms with Gasteiger partial charge in [0.2, 0.25) is 0 Å². The van der Waals surface area contributed by atoms with Crippen molar-refractivity contribution in [2.45, 2.75) is 83.1 Å². The van der Waals surface area contributed by atoms with E-state index in [1.54, 1.807) is 11.8 Å². The summed E-state index contributed by atoms with van der Waals surface area (Å²) in [6, 6.07) is 4.11. The summed E-state index contributed by atoms with van der Waals surface area (Å²) in [5, 5.41) is 0. The largest absolute Gasteiger partial charge is 0.378 e. The number of unbranched alkanes of at least 4 members (excludes halogenated alkanes) is 1. The average molecular weight is 353 g/mol. The van der Waals surface area contributed by atoms with E-state index in [2.05, 4.69) is 19.9 Å². The van der Waals surface area contributed by atoms with Crippen molar-refractivity contribution in [2.75, 3.05) is 12.4 Å². The topological polar surface area (TPSA) is 9.23 Å². The SMILES string of the molecule is CCCCSc1ccc(CCC2CCC(CCC)OC2)c(C)c1F. The summed E-state index contributed by atoms with van der Waals surface area (Å²) in [4.78, 5) is 0.813. The Bertz CT molecular complexity index is 495. The molecule has 1 fully saturated rings. The van der Waals surface area contributed by atoms with E-state index < -0.39 is 0 Å². The fourth-order valence-electron chi connectivity index (χ4n) is 3.41. The third kappa shape index (κ3) is 5.77. The van der Waals surface area contributed by atoms with Gasteiger partial charge in [-0.3, -0.25) is 0 Å². The van der Waals surface area contributed by atoms with E-state index in [0.29, 0.717) is 12.0 Å². The van der Waals surface area contributed by atoms with Gasteiger partial charge in [0.05, 0.1) is 6.10 Å². The summed E-state index contributed by atoms with van der Waals surface area (Å²) in [5.41, 5.74) is 2.01. The highest BCUT2D eigenvalue weighted by molar-refractivity contribution is 7.99. The highest BCUT2D eigenvalue weighted by atomic mass is 32.2. The van der Waals surface area contributed by atoms with Crippen LogP contribution in [0.15, 0.2) is 17.0 Å². The van der Waals surface area contributed by atoms with Gasteiger partial charge in [0.25, 0.3) is 0 Å². The van der Waals surface area contributed by atoms with Crippen LogP contribution in [0.2, 0.25) is 0 Å². The number of rotatable bonds is 9. The Morgan fingerprint density at radius 2 is 2.00 bits per heavy atom. The van der Waals surface area contributed by atoms with Gasteiger partial charge in [-0.05, 0) is 74.3 Å². The van der Waals surface area contributed by atoms with E-state index in [9.17, 15) is 4.39 Å². The summed E-state index contributed by atoms with van der Waals surface area (Å²) in [6.45, 7) is 7.21. The first-order valence-electron chi connectivity index (χ1n) is 9.68. The minimum atomic E-state index is -0.00323. The van der Waals surface area contributed by atoms with Crippen molar-refractivity contribution in [2.24, 2.45) is 5.92 Å². The molecule has 0 saturated carbocycles. The Morgan fingerprint density at radius 3 is 2.67 bits per heavy atom. The van der Waals surface area contributed by atoms with E-state index >= 15 is 0 Å². The molecule has 24 heavy (non-hydrogen) atoms. The van der Waals surface area contributed by atoms with E-state index in [1.165, 1.54) is 31.2 Å². The van der Waals surface area contributed by atoms with Gasteiger partial charge in [0.1, 0.15) is 5.82 Å². The van der Waals surface area contributed by atoms with Crippen molar-refractivity contribution < 1.29 is 9.13 Å². The van der Waals surface area contributed by atoms with E-state index in [0.717, 1.165) is 48.5 Å². The first-order valence-corrected chi connectivity index (χ1v) is 10.7. The lowest BCUT2D eigenvalue weighted by Gasteiger charge is -2.29. The molecule has 2 rings (SSSR count). The van der Waals surface area contributed by atoms with Crippen LogP contribution in [0.5, 0.6) is 0 Å². The molecule has 0 bridgehead atoms. The van der Waals surface area contributed by atoms with Crippen LogP contribution < -0.4 is 0 Å². The summed E-state index contributed by atoms with van der Waals surface area (Å²) in [5.74, 6) is 1.64. The van der Waals surface area contributed by atoms with Crippen LogP contribution in [0.3, 0.4) is 0 Å². The van der Waals surface area contributed by atoms with Gasteiger partial charge in [0, 0.05) is 11.5 Å². The Morgan fingerprint density at radius 1 is 1.17 bits per heavy atom. The van der Waals surface area contributed by atoms with Crippen LogP contribution >= 0.6 is 11.8 Å². The quantitative estimate of drug-likeness (QED) is 0.368. The number of hydrogen-bond acceptors (Lipinski definition) is 2. The standard InChI is InChI=1S/C21H33FOS/c1-4-6-14-24-20-13-11-18(16(3)21(20)22)10-8-17-9-12-19(7-5-2)23-15-17/h11,13,17,19H,4-10,12,14-15H2,1-3H3. The molecule has 1 heterocycles. The summed E-state index contributed by atoms with van der Waals surface area (Å²) in [7, 11) is 0. The molecule has 0 aliphatic carbocycles. The van der Waals surface area contributed by atoms with E-state index in [-0.39, 0.29) is 5.82 Å². The average Bonchev–Trinajstić information content (AvgIpc) is 2.60. The maximum absolute atomic E-state index is 14.5. The molecular formula is C21H33FOS. The summed E-state index contributed by atoms with van der Waals surface area (Å²) < 4.78 is 20.5. The molecule has 1 aliphatic heterocycles. The number of ether oxygens (including phenoxy) is 1. The van der Waals surface area contributed by atoms with Gasteiger partial charge >= 0.3 is 0 Å². The molecule has 0 N–H and O–H groups in total. The van der Waals surface area contributed by atoms with Gasteiger partial charge in [-0.15, -0.1) is 11.8 Å². The fraction of sp³-hybridized carbons (Fsp3) is 0.714. The first-order chi connectivity index (χ1) is 11.7. The molecule has 0 aromatic heterocycles. The lowest BCUT2D eigenvalue weighted by molar-refractivity contribution is -0.0218. The zero-order valence-corrected chi connectivity index (χ0v) is 16.4. The van der Waals surface area contributed by atoms with E-state index in [4.69, 9.17) is 4.74 Å². The van der Waals surface area contributed by atoms with Gasteiger partial charge in [0.15, 0.2) is 0 Å². The number of halogens is 1. The van der Waals surface area contributed by atoms with Crippen molar-refractivity contribution in [3.8, 4) is 0 Å². The lowest BCUT2D eigenvalue weighted by Crippen LogP contribution is -2.26. The fourth-order valence-corrected chi connectivity index (χ4v) is 4.50. The monoisotopic (exact) mass is 352 g/mol. The normalized spacial score (nSPS) is 21.2. The van der Waals surface area contributed by atoms with Crippen LogP contribution in [0, 0.1) is 18.7 Å². The van der Waals surface area contributed by atoms with Gasteiger partial charge in [-0.1, -0.05) is 32.8 Å². The second-order valence-electron chi connectivity index (χ2n) is 7.09. The Labute approximate surface area is 151 Å². The smallest absolute Gasteiger partial charge is 0.139 e. The molecule has 2 unspecified atom stereocenters. The lowest BCUT2D eigenvalue weighted by atomic mass is 9.90. The van der Waals surface area contributed by atoms with Crippen molar-refractivity contribution in [1.29, 1.82) is 0 Å². The molecule has 1 aliphatic rings. The molecule has 1 saturated heterocycles. The predicted molar refractivity (Wildman–Crippen MR) is 102 cm³/mol. The van der Waals surface area contributed by atoms with Crippen LogP contribution in [-0.2, 0) is 11.2 Å². The second kappa shape index (κ2) is 10.5. The second-order valence-corrected chi connectivity index (χ2v) is 8.23. The highest BCUT2D eigenvalue weighted by Gasteiger charge is 2.21. The third-order valence-electron chi connectivity index (χ3n) is 5.12. The van der Waals surface area contributed by atoms with Crippen LogP contribution in [0.4, 0.5) is 4.39 Å². The summed E-state index contributed by atoms with van der Waals surface area (Å²) >= 11 is 1.65. The van der Waals surface area contributed by atoms with Crippen LogP contribution in [0.1, 0.15) is 69.9 Å². The number of aryl methyl sites for hydroxylation is 1. The number of thioether (sulfide) groups is 1. The van der Waals surface area contributed by atoms with Gasteiger partial charge in [-0.25, -0.2) is 4.39 Å². The van der Waals surface area contributed by atoms with Crippen molar-refractivity contribution >= 4 is 11.8 Å². The zero-order valence-electron chi connectivity index (χ0n) is 15.6. The molecular weight excluding hydrogens is 319 g/mol. The maximum atomic E-state index is 14.5. The van der Waals surface area contributed by atoms with Crippen molar-refractivity contribution in [1.82, 2.24) is 0 Å². The molecule has 1 aromatic rings. The Kier molecular flexibility index (Phi) is 8.61. The molecule has 3 heteroatoms. The molecule has 0 amide bonds. The van der Waals surface area contributed by atoms with Gasteiger partial charge in [-0.2, -0.15) is 0 Å². The Hall–Kier alpha value is -0.540. The maximum Gasteiger partial charge on any atom is 0.139 e. The molecule has 1 aromatic carbocycles. The molecule has 136 valence electrons. The van der Waals surface area contributed by atoms with Crippen molar-refractivity contribution in [3.63, 3.8) is 0 Å². The number of benzene rings is 1. The van der Waals surface area contributed by atoms with Crippen LogP contribution in [-0.4, -0.2) is 18.5 Å². The van der Waals surface area contributed by atoms with Gasteiger partial charge < -0.3 is 4.74 Å². The van der Waals surface area contributed by atoms with Crippen molar-refractivity contribution in [3.05, 3.63) is 29.1 Å². The first kappa shape index (κ1) is 19.8. The molecule has 0 spiro atoms. The minimum Gasteiger partial charge on any atom is -0.378 e. The highest BCUT2D eigenvalue weighted by Crippen LogP contribution is 2.29. The summed E-state index contributed by atoms with van der Waals surface area (Å²) in [6.07, 6.45) is 9.71.